The Morgan fingerprint density at radius 1 is 1.50 bits per heavy atom. The Hall–Kier alpha value is -0.890. The molecule has 76 valence electrons. The average Bonchev–Trinajstić information content (AvgIpc) is 2.66. The molecular weight excluding hydrogens is 172 g/mol. The van der Waals surface area contributed by atoms with Crippen molar-refractivity contribution >= 4 is 0 Å². The molecule has 1 aromatic rings. The van der Waals surface area contributed by atoms with Gasteiger partial charge >= 0.3 is 0 Å². The maximum absolute atomic E-state index is 4.47. The maximum Gasteiger partial charge on any atom is 0.0438 e. The predicted molar refractivity (Wildman–Crippen MR) is 58.4 cm³/mol. The molecule has 2 heterocycles. The quantitative estimate of drug-likeness (QED) is 0.770. The van der Waals surface area contributed by atoms with Crippen molar-refractivity contribution in [3.8, 4) is 0 Å². The fourth-order valence-electron chi connectivity index (χ4n) is 2.06. The van der Waals surface area contributed by atoms with Crippen LogP contribution in [0.15, 0.2) is 12.3 Å². The molecule has 0 saturated carbocycles. The van der Waals surface area contributed by atoms with Crippen molar-refractivity contribution in [2.45, 2.75) is 26.7 Å². The topological polar surface area (TPSA) is 24.9 Å². The minimum absolute atomic E-state index is 0.794. The Morgan fingerprint density at radius 2 is 2.36 bits per heavy atom. The summed E-state index contributed by atoms with van der Waals surface area (Å²) in [6.07, 6.45) is 4.37. The summed E-state index contributed by atoms with van der Waals surface area (Å²) in [6.45, 7) is 6.68. The van der Waals surface area contributed by atoms with Crippen LogP contribution in [0.4, 0.5) is 0 Å². The van der Waals surface area contributed by atoms with E-state index in [-0.39, 0.29) is 0 Å². The summed E-state index contributed by atoms with van der Waals surface area (Å²) in [5.41, 5.74) is 4.03. The molecule has 0 aliphatic carbocycles. The second kappa shape index (κ2) is 4.09. The fourth-order valence-corrected chi connectivity index (χ4v) is 2.06. The number of aryl methyl sites for hydroxylation is 1. The summed E-state index contributed by atoms with van der Waals surface area (Å²) in [5.74, 6) is 0.794. The van der Waals surface area contributed by atoms with E-state index in [2.05, 4.69) is 30.2 Å². The van der Waals surface area contributed by atoms with Gasteiger partial charge in [-0.05, 0) is 62.9 Å². The Balaban J connectivity index is 2.11. The van der Waals surface area contributed by atoms with Crippen LogP contribution in [0.25, 0.3) is 0 Å². The van der Waals surface area contributed by atoms with Crippen molar-refractivity contribution in [2.24, 2.45) is 5.92 Å². The Labute approximate surface area is 85.7 Å². The first-order valence-corrected chi connectivity index (χ1v) is 5.39. The molecule has 1 aromatic heterocycles. The molecule has 0 aromatic carbocycles. The van der Waals surface area contributed by atoms with Gasteiger partial charge in [-0.15, -0.1) is 0 Å². The molecule has 14 heavy (non-hydrogen) atoms. The van der Waals surface area contributed by atoms with Crippen molar-refractivity contribution < 1.29 is 0 Å². The lowest BCUT2D eigenvalue weighted by molar-refractivity contribution is 0.569. The molecule has 2 nitrogen and oxygen atoms in total. The first-order valence-electron chi connectivity index (χ1n) is 5.39. The van der Waals surface area contributed by atoms with Gasteiger partial charge in [-0.25, -0.2) is 0 Å². The van der Waals surface area contributed by atoms with Gasteiger partial charge in [-0.3, -0.25) is 4.98 Å². The third-order valence-electron chi connectivity index (χ3n) is 3.22. The summed E-state index contributed by atoms with van der Waals surface area (Å²) in [4.78, 5) is 4.47. The Bertz CT molecular complexity index is 314. The molecule has 0 radical (unpaired) electrons. The highest BCUT2D eigenvalue weighted by Crippen LogP contribution is 2.17. The Kier molecular flexibility index (Phi) is 2.82. The van der Waals surface area contributed by atoms with Crippen LogP contribution in [-0.4, -0.2) is 18.1 Å². The van der Waals surface area contributed by atoms with Crippen LogP contribution in [0.2, 0.25) is 0 Å². The first-order chi connectivity index (χ1) is 6.77. The van der Waals surface area contributed by atoms with Gasteiger partial charge in [0, 0.05) is 11.9 Å². The monoisotopic (exact) mass is 190 g/mol. The number of hydrogen-bond acceptors (Lipinski definition) is 2. The average molecular weight is 190 g/mol. The van der Waals surface area contributed by atoms with Crippen molar-refractivity contribution in [2.75, 3.05) is 13.1 Å². The lowest BCUT2D eigenvalue weighted by atomic mass is 9.98. The number of pyridine rings is 1. The van der Waals surface area contributed by atoms with E-state index in [1.165, 1.54) is 29.8 Å². The lowest BCUT2D eigenvalue weighted by Gasteiger charge is -2.11. The van der Waals surface area contributed by atoms with Crippen molar-refractivity contribution in [3.05, 3.63) is 29.1 Å². The van der Waals surface area contributed by atoms with Crippen LogP contribution in [0.1, 0.15) is 23.2 Å². The van der Waals surface area contributed by atoms with Crippen LogP contribution in [0.5, 0.6) is 0 Å². The normalized spacial score (nSPS) is 21.4. The van der Waals surface area contributed by atoms with E-state index in [1.54, 1.807) is 0 Å². The summed E-state index contributed by atoms with van der Waals surface area (Å²) in [5, 5.41) is 3.40. The number of rotatable bonds is 2. The smallest absolute Gasteiger partial charge is 0.0438 e. The SMILES string of the molecule is Cc1ccnc(CC2CCNC2)c1C. The van der Waals surface area contributed by atoms with E-state index >= 15 is 0 Å². The maximum atomic E-state index is 4.47. The molecule has 1 saturated heterocycles. The molecule has 1 unspecified atom stereocenters. The van der Waals surface area contributed by atoms with Gasteiger partial charge in [0.05, 0.1) is 0 Å². The van der Waals surface area contributed by atoms with Crippen LogP contribution in [0.3, 0.4) is 0 Å². The van der Waals surface area contributed by atoms with E-state index in [0.717, 1.165) is 18.9 Å². The van der Waals surface area contributed by atoms with Crippen LogP contribution in [-0.2, 0) is 6.42 Å². The molecule has 1 aliphatic heterocycles. The van der Waals surface area contributed by atoms with E-state index in [0.29, 0.717) is 0 Å². The van der Waals surface area contributed by atoms with E-state index in [9.17, 15) is 0 Å². The standard InChI is InChI=1S/C12H18N2/c1-9-3-6-14-12(10(9)2)7-11-4-5-13-8-11/h3,6,11,13H,4-5,7-8H2,1-2H3. The van der Waals surface area contributed by atoms with E-state index in [4.69, 9.17) is 0 Å². The number of hydrogen-bond donors (Lipinski definition) is 1. The third kappa shape index (κ3) is 1.95. The minimum Gasteiger partial charge on any atom is -0.316 e. The molecule has 0 spiro atoms. The minimum atomic E-state index is 0.794. The van der Waals surface area contributed by atoms with Crippen molar-refractivity contribution in [1.29, 1.82) is 0 Å². The van der Waals surface area contributed by atoms with Crippen molar-refractivity contribution in [3.63, 3.8) is 0 Å². The summed E-state index contributed by atoms with van der Waals surface area (Å²) in [6, 6.07) is 2.09. The zero-order chi connectivity index (χ0) is 9.97. The highest BCUT2D eigenvalue weighted by molar-refractivity contribution is 5.27. The second-order valence-corrected chi connectivity index (χ2v) is 4.26. The van der Waals surface area contributed by atoms with Gasteiger partial charge < -0.3 is 5.32 Å². The highest BCUT2D eigenvalue weighted by atomic mass is 14.9. The molecular formula is C12H18N2. The van der Waals surface area contributed by atoms with Gasteiger partial charge in [0.1, 0.15) is 0 Å². The Morgan fingerprint density at radius 3 is 3.07 bits per heavy atom. The van der Waals surface area contributed by atoms with Crippen LogP contribution >= 0.6 is 0 Å². The number of nitrogens with one attached hydrogen (secondary N) is 1. The zero-order valence-electron chi connectivity index (χ0n) is 9.01. The highest BCUT2D eigenvalue weighted by Gasteiger charge is 2.16. The molecule has 2 rings (SSSR count). The second-order valence-electron chi connectivity index (χ2n) is 4.26. The summed E-state index contributed by atoms with van der Waals surface area (Å²) >= 11 is 0. The third-order valence-corrected chi connectivity index (χ3v) is 3.22. The van der Waals surface area contributed by atoms with Crippen LogP contribution < -0.4 is 5.32 Å². The number of aromatic nitrogens is 1. The van der Waals surface area contributed by atoms with E-state index in [1.807, 2.05) is 6.20 Å². The molecule has 1 aliphatic rings. The predicted octanol–water partition coefficient (Wildman–Crippen LogP) is 1.85. The molecule has 2 heteroatoms. The van der Waals surface area contributed by atoms with Crippen LogP contribution in [0, 0.1) is 19.8 Å². The van der Waals surface area contributed by atoms with Gasteiger partial charge in [0.25, 0.3) is 0 Å². The molecule has 1 fully saturated rings. The fraction of sp³-hybridized carbons (Fsp3) is 0.583. The van der Waals surface area contributed by atoms with Crippen molar-refractivity contribution in [1.82, 2.24) is 10.3 Å². The lowest BCUT2D eigenvalue weighted by Crippen LogP contribution is -2.12. The van der Waals surface area contributed by atoms with Gasteiger partial charge in [-0.2, -0.15) is 0 Å². The molecule has 1 atom stereocenters. The summed E-state index contributed by atoms with van der Waals surface area (Å²) in [7, 11) is 0. The molecule has 0 bridgehead atoms. The number of nitrogens with zero attached hydrogens (tertiary/aromatic N) is 1. The van der Waals surface area contributed by atoms with Gasteiger partial charge in [-0.1, -0.05) is 0 Å². The molecule has 0 amide bonds. The summed E-state index contributed by atoms with van der Waals surface area (Å²) < 4.78 is 0. The van der Waals surface area contributed by atoms with Gasteiger partial charge in [0.15, 0.2) is 0 Å². The first kappa shape index (κ1) is 9.66. The zero-order valence-corrected chi connectivity index (χ0v) is 9.01. The largest absolute Gasteiger partial charge is 0.316 e. The molecule has 1 N–H and O–H groups in total. The van der Waals surface area contributed by atoms with E-state index < -0.39 is 0 Å². The van der Waals surface area contributed by atoms with Gasteiger partial charge in [0.2, 0.25) is 0 Å².